The summed E-state index contributed by atoms with van der Waals surface area (Å²) in [4.78, 5) is 12.4. The van der Waals surface area contributed by atoms with Crippen molar-refractivity contribution in [2.45, 2.75) is 17.9 Å². The molecular formula is C13H14F2N4O2S. The minimum atomic E-state index is -2.51. The number of carbonyl (C=O) groups excluding carboxylic acids is 1. The van der Waals surface area contributed by atoms with Crippen molar-refractivity contribution in [3.63, 3.8) is 0 Å². The molecule has 0 saturated carbocycles. The summed E-state index contributed by atoms with van der Waals surface area (Å²) in [6.07, 6.45) is 1.61. The summed E-state index contributed by atoms with van der Waals surface area (Å²) in [7, 11) is -1.15. The molecule has 0 bridgehead atoms. The molecule has 1 aromatic carbocycles. The van der Waals surface area contributed by atoms with Crippen molar-refractivity contribution in [1.29, 1.82) is 0 Å². The highest BCUT2D eigenvalue weighted by Crippen LogP contribution is 2.14. The molecule has 0 saturated heterocycles. The minimum Gasteiger partial charge on any atom is -0.308 e. The Hall–Kier alpha value is -2.29. The molecule has 2 aromatic rings. The van der Waals surface area contributed by atoms with Gasteiger partial charge >= 0.3 is 6.03 Å². The van der Waals surface area contributed by atoms with Crippen LogP contribution in [0.3, 0.4) is 0 Å². The van der Waals surface area contributed by atoms with Crippen LogP contribution in [0.15, 0.2) is 41.6 Å². The van der Waals surface area contributed by atoms with Crippen LogP contribution in [-0.4, -0.2) is 32.7 Å². The van der Waals surface area contributed by atoms with Gasteiger partial charge in [-0.1, -0.05) is 6.07 Å². The first kappa shape index (κ1) is 16.1. The van der Waals surface area contributed by atoms with Crippen LogP contribution in [0.1, 0.15) is 0 Å². The maximum absolute atomic E-state index is 12.2. The fraction of sp³-hybridized carbons (Fsp3) is 0.231. The second kappa shape index (κ2) is 7.12. The van der Waals surface area contributed by atoms with Gasteiger partial charge in [0.2, 0.25) is 0 Å². The van der Waals surface area contributed by atoms with Crippen molar-refractivity contribution in [3.05, 3.63) is 36.7 Å². The molecule has 0 aliphatic heterocycles. The number of aromatic nitrogens is 2. The topological polar surface area (TPSA) is 76.0 Å². The highest BCUT2D eigenvalue weighted by Gasteiger charge is 2.08. The van der Waals surface area contributed by atoms with Crippen LogP contribution in [0.2, 0.25) is 0 Å². The molecule has 2 N–H and O–H groups in total. The van der Waals surface area contributed by atoms with Crippen molar-refractivity contribution >= 4 is 28.2 Å². The van der Waals surface area contributed by atoms with Gasteiger partial charge in [0.15, 0.2) is 0 Å². The molecule has 6 nitrogen and oxygen atoms in total. The van der Waals surface area contributed by atoms with Crippen molar-refractivity contribution in [3.8, 4) is 0 Å². The smallest absolute Gasteiger partial charge is 0.308 e. The first-order chi connectivity index (χ1) is 10.4. The van der Waals surface area contributed by atoms with E-state index < -0.39 is 29.8 Å². The summed E-state index contributed by atoms with van der Waals surface area (Å²) in [5.74, 6) is 0. The van der Waals surface area contributed by atoms with Crippen molar-refractivity contribution in [2.24, 2.45) is 0 Å². The Morgan fingerprint density at radius 3 is 2.77 bits per heavy atom. The third-order valence-corrected chi connectivity index (χ3v) is 3.56. The average molecular weight is 328 g/mol. The lowest BCUT2D eigenvalue weighted by molar-refractivity contribution is 0.122. The zero-order valence-electron chi connectivity index (χ0n) is 11.6. The van der Waals surface area contributed by atoms with Crippen LogP contribution in [-0.2, 0) is 17.3 Å². The molecule has 1 aromatic heterocycles. The first-order valence-electron chi connectivity index (χ1n) is 6.26. The number of anilines is 2. The Bertz CT molecular complexity index is 690. The van der Waals surface area contributed by atoms with Gasteiger partial charge in [-0.2, -0.15) is 5.10 Å². The molecule has 9 heteroatoms. The highest BCUT2D eigenvalue weighted by molar-refractivity contribution is 7.84. The van der Waals surface area contributed by atoms with Gasteiger partial charge in [-0.3, -0.25) is 8.89 Å². The van der Waals surface area contributed by atoms with E-state index >= 15 is 0 Å². The van der Waals surface area contributed by atoms with Crippen LogP contribution in [0.5, 0.6) is 0 Å². The Kier molecular flexibility index (Phi) is 5.21. The number of hydrogen-bond donors (Lipinski definition) is 2. The number of rotatable bonds is 5. The van der Waals surface area contributed by atoms with E-state index in [9.17, 15) is 17.8 Å². The fourth-order valence-electron chi connectivity index (χ4n) is 1.72. The molecule has 0 aliphatic rings. The van der Waals surface area contributed by atoms with E-state index in [4.69, 9.17) is 0 Å². The van der Waals surface area contributed by atoms with E-state index in [2.05, 4.69) is 15.7 Å². The zero-order valence-corrected chi connectivity index (χ0v) is 12.4. The van der Waals surface area contributed by atoms with Crippen LogP contribution in [0, 0.1) is 0 Å². The number of hydrogen-bond acceptors (Lipinski definition) is 3. The molecule has 2 rings (SSSR count). The van der Waals surface area contributed by atoms with Gasteiger partial charge in [0.05, 0.1) is 11.9 Å². The number of nitrogens with zero attached hydrogens (tertiary/aromatic N) is 2. The molecule has 0 aliphatic carbocycles. The standard InChI is InChI=1S/C13H14F2N4O2S/c1-22(21)11-4-2-3-9(5-11)17-13(20)18-10-6-16-19(7-10)8-12(14)15/h2-7,12H,8H2,1H3,(H2,17,18,20)/t22-/m1/s1. The number of benzene rings is 1. The van der Waals surface area contributed by atoms with Gasteiger partial charge < -0.3 is 10.6 Å². The zero-order chi connectivity index (χ0) is 16.1. The third-order valence-electron chi connectivity index (χ3n) is 2.64. The maximum Gasteiger partial charge on any atom is 0.323 e. The molecule has 0 unspecified atom stereocenters. The van der Waals surface area contributed by atoms with Crippen molar-refractivity contribution in [1.82, 2.24) is 9.78 Å². The van der Waals surface area contributed by atoms with Gasteiger partial charge in [-0.25, -0.2) is 13.6 Å². The number of nitrogens with one attached hydrogen (secondary N) is 2. The number of halogens is 2. The Morgan fingerprint density at radius 1 is 1.36 bits per heavy atom. The largest absolute Gasteiger partial charge is 0.323 e. The molecule has 1 atom stereocenters. The lowest BCUT2D eigenvalue weighted by Gasteiger charge is -2.07. The molecule has 22 heavy (non-hydrogen) atoms. The minimum absolute atomic E-state index is 0.299. The molecular weight excluding hydrogens is 314 g/mol. The average Bonchev–Trinajstić information content (AvgIpc) is 2.85. The van der Waals surface area contributed by atoms with Crippen LogP contribution >= 0.6 is 0 Å². The predicted octanol–water partition coefficient (Wildman–Crippen LogP) is 2.53. The Morgan fingerprint density at radius 2 is 2.09 bits per heavy atom. The molecule has 1 heterocycles. The Balaban J connectivity index is 1.96. The van der Waals surface area contributed by atoms with Crippen LogP contribution < -0.4 is 10.6 Å². The molecule has 2 amide bonds. The van der Waals surface area contributed by atoms with E-state index in [1.165, 1.54) is 18.6 Å². The SMILES string of the molecule is C[S@@](=O)c1cccc(NC(=O)Nc2cnn(CC(F)F)c2)c1. The quantitative estimate of drug-likeness (QED) is 0.885. The van der Waals surface area contributed by atoms with E-state index in [0.717, 1.165) is 4.68 Å². The summed E-state index contributed by atoms with van der Waals surface area (Å²) >= 11 is 0. The summed E-state index contributed by atoms with van der Waals surface area (Å²) in [5.41, 5.74) is 0.776. The van der Waals surface area contributed by atoms with Gasteiger partial charge in [0, 0.05) is 33.8 Å². The lowest BCUT2D eigenvalue weighted by Crippen LogP contribution is -2.19. The van der Waals surface area contributed by atoms with Crippen molar-refractivity contribution < 1.29 is 17.8 Å². The predicted molar refractivity (Wildman–Crippen MR) is 79.6 cm³/mol. The summed E-state index contributed by atoms with van der Waals surface area (Å²) in [5, 5.41) is 8.75. The normalized spacial score (nSPS) is 12.2. The van der Waals surface area contributed by atoms with E-state index in [-0.39, 0.29) is 0 Å². The molecule has 0 spiro atoms. The summed E-state index contributed by atoms with van der Waals surface area (Å²) in [6.45, 7) is -0.534. The summed E-state index contributed by atoms with van der Waals surface area (Å²) < 4.78 is 36.8. The fourth-order valence-corrected chi connectivity index (χ4v) is 2.28. The second-order valence-electron chi connectivity index (χ2n) is 4.40. The first-order valence-corrected chi connectivity index (χ1v) is 7.82. The van der Waals surface area contributed by atoms with Crippen molar-refractivity contribution in [2.75, 3.05) is 16.9 Å². The number of urea groups is 1. The van der Waals surface area contributed by atoms with Crippen LogP contribution in [0.25, 0.3) is 0 Å². The van der Waals surface area contributed by atoms with Gasteiger partial charge in [-0.05, 0) is 18.2 Å². The monoisotopic (exact) mass is 328 g/mol. The number of alkyl halides is 2. The van der Waals surface area contributed by atoms with Gasteiger partial charge in [-0.15, -0.1) is 0 Å². The van der Waals surface area contributed by atoms with E-state index in [1.54, 1.807) is 24.3 Å². The van der Waals surface area contributed by atoms with Gasteiger partial charge in [0.1, 0.15) is 6.54 Å². The number of carbonyl (C=O) groups is 1. The third kappa shape index (κ3) is 4.62. The Labute approximate surface area is 128 Å². The molecule has 118 valence electrons. The molecule has 0 fully saturated rings. The van der Waals surface area contributed by atoms with E-state index in [0.29, 0.717) is 16.3 Å². The summed E-state index contributed by atoms with van der Waals surface area (Å²) in [6, 6.07) is 6.06. The van der Waals surface area contributed by atoms with E-state index in [1.807, 2.05) is 0 Å². The highest BCUT2D eigenvalue weighted by atomic mass is 32.2. The maximum atomic E-state index is 12.2. The molecule has 0 radical (unpaired) electrons. The van der Waals surface area contributed by atoms with Crippen LogP contribution in [0.4, 0.5) is 25.0 Å². The lowest BCUT2D eigenvalue weighted by atomic mass is 10.3. The second-order valence-corrected chi connectivity index (χ2v) is 5.78. The van der Waals surface area contributed by atoms with Gasteiger partial charge in [0.25, 0.3) is 6.43 Å². The number of amides is 2.